The number of hydrogen-bond acceptors (Lipinski definition) is 3. The van der Waals surface area contributed by atoms with Crippen molar-refractivity contribution in [1.29, 1.82) is 0 Å². The molecule has 0 aromatic rings. The lowest BCUT2D eigenvalue weighted by molar-refractivity contribution is -0.113. The number of rotatable bonds is 3. The monoisotopic (exact) mass is 179 g/mol. The van der Waals surface area contributed by atoms with Gasteiger partial charge in [-0.05, 0) is 25.4 Å². The molecule has 0 saturated carbocycles. The molecular formula is C6H10ClNO3. The minimum Gasteiger partial charge on any atom is -0.450 e. The van der Waals surface area contributed by atoms with Crippen molar-refractivity contribution >= 4 is 22.9 Å². The predicted octanol–water partition coefficient (Wildman–Crippen LogP) is 0.886. The minimum atomic E-state index is -0.698. The average molecular weight is 180 g/mol. The van der Waals surface area contributed by atoms with Crippen molar-refractivity contribution in [2.24, 2.45) is 0 Å². The van der Waals surface area contributed by atoms with E-state index < -0.39 is 17.4 Å². The predicted molar refractivity (Wildman–Crippen MR) is 40.5 cm³/mol. The zero-order chi connectivity index (χ0) is 8.85. The number of halogens is 1. The highest BCUT2D eigenvalue weighted by atomic mass is 35.5. The van der Waals surface area contributed by atoms with Crippen LogP contribution in [0, 0.1) is 0 Å². The topological polar surface area (TPSA) is 55.4 Å². The highest BCUT2D eigenvalue weighted by molar-refractivity contribution is 6.64. The molecule has 11 heavy (non-hydrogen) atoms. The van der Waals surface area contributed by atoms with Crippen LogP contribution in [0.4, 0.5) is 4.79 Å². The lowest BCUT2D eigenvalue weighted by Gasteiger charge is -2.07. The third kappa shape index (κ3) is 4.61. The Hall–Kier alpha value is -0.770. The maximum Gasteiger partial charge on any atom is 0.407 e. The molecule has 0 bridgehead atoms. The summed E-state index contributed by atoms with van der Waals surface area (Å²) in [6, 6.07) is -0.698. The summed E-state index contributed by atoms with van der Waals surface area (Å²) >= 11 is 5.06. The molecule has 0 aliphatic rings. The normalized spacial score (nSPS) is 11.9. The van der Waals surface area contributed by atoms with E-state index in [4.69, 9.17) is 11.6 Å². The lowest BCUT2D eigenvalue weighted by Crippen LogP contribution is -2.36. The molecule has 4 nitrogen and oxygen atoms in total. The van der Waals surface area contributed by atoms with Gasteiger partial charge in [0.15, 0.2) is 0 Å². The average Bonchev–Trinajstić information content (AvgIpc) is 1.87. The number of carbonyl (C=O) groups is 2. The smallest absolute Gasteiger partial charge is 0.407 e. The summed E-state index contributed by atoms with van der Waals surface area (Å²) in [5.74, 6) is 0. The van der Waals surface area contributed by atoms with Crippen molar-refractivity contribution in [1.82, 2.24) is 5.32 Å². The molecule has 1 N–H and O–H groups in total. The Balaban J connectivity index is 3.66. The quantitative estimate of drug-likeness (QED) is 0.655. The van der Waals surface area contributed by atoms with Gasteiger partial charge < -0.3 is 10.1 Å². The second-order valence-corrected chi connectivity index (χ2v) is 2.26. The van der Waals surface area contributed by atoms with E-state index in [1.54, 1.807) is 6.92 Å². The van der Waals surface area contributed by atoms with Crippen LogP contribution < -0.4 is 5.32 Å². The molecule has 0 spiro atoms. The summed E-state index contributed by atoms with van der Waals surface area (Å²) in [5, 5.41) is 1.62. The van der Waals surface area contributed by atoms with Gasteiger partial charge in [0.1, 0.15) is 6.04 Å². The molecule has 0 unspecified atom stereocenters. The number of nitrogens with one attached hydrogen (secondary N) is 1. The number of alkyl carbamates (subject to hydrolysis) is 1. The first kappa shape index (κ1) is 10.2. The molecule has 5 heteroatoms. The van der Waals surface area contributed by atoms with Crippen molar-refractivity contribution < 1.29 is 14.3 Å². The Bertz CT molecular complexity index is 160. The van der Waals surface area contributed by atoms with Crippen LogP contribution in [0.3, 0.4) is 0 Å². The van der Waals surface area contributed by atoms with E-state index >= 15 is 0 Å². The first-order valence-corrected chi connectivity index (χ1v) is 3.58. The molecule has 64 valence electrons. The van der Waals surface area contributed by atoms with Crippen molar-refractivity contribution in [3.8, 4) is 0 Å². The van der Waals surface area contributed by atoms with E-state index in [1.807, 2.05) is 0 Å². The Morgan fingerprint density at radius 3 is 2.55 bits per heavy atom. The fourth-order valence-electron chi connectivity index (χ4n) is 0.406. The maximum atomic E-state index is 10.6. The van der Waals surface area contributed by atoms with E-state index in [2.05, 4.69) is 10.1 Å². The first-order valence-electron chi connectivity index (χ1n) is 3.20. The standard InChI is InChI=1S/C6H10ClNO3/c1-3-11-6(10)8-4(2)5(7)9/h4H,3H2,1-2H3,(H,8,10)/t4-/m0/s1. The van der Waals surface area contributed by atoms with E-state index in [1.165, 1.54) is 6.92 Å². The van der Waals surface area contributed by atoms with Crippen molar-refractivity contribution in [3.63, 3.8) is 0 Å². The van der Waals surface area contributed by atoms with Gasteiger partial charge in [-0.3, -0.25) is 4.79 Å². The molecule has 0 radical (unpaired) electrons. The Labute approximate surface area is 69.9 Å². The zero-order valence-electron chi connectivity index (χ0n) is 6.39. The van der Waals surface area contributed by atoms with E-state index in [-0.39, 0.29) is 6.61 Å². The summed E-state index contributed by atoms with van der Waals surface area (Å²) in [5.41, 5.74) is 0. The van der Waals surface area contributed by atoms with Crippen LogP contribution in [0.2, 0.25) is 0 Å². The fraction of sp³-hybridized carbons (Fsp3) is 0.667. The third-order valence-electron chi connectivity index (χ3n) is 0.950. The van der Waals surface area contributed by atoms with Crippen LogP contribution in [0.25, 0.3) is 0 Å². The van der Waals surface area contributed by atoms with Crippen LogP contribution in [-0.2, 0) is 9.53 Å². The summed E-state index contributed by atoms with van der Waals surface area (Å²) in [6.07, 6.45) is -0.631. The number of hydrogen-bond donors (Lipinski definition) is 1. The van der Waals surface area contributed by atoms with Crippen LogP contribution in [0.5, 0.6) is 0 Å². The lowest BCUT2D eigenvalue weighted by atomic mass is 10.4. The molecule has 1 atom stereocenters. The van der Waals surface area contributed by atoms with E-state index in [0.717, 1.165) is 0 Å². The number of amides is 1. The van der Waals surface area contributed by atoms with Gasteiger partial charge in [0.05, 0.1) is 6.61 Å². The summed E-state index contributed by atoms with van der Waals surface area (Å²) in [7, 11) is 0. The van der Waals surface area contributed by atoms with Crippen molar-refractivity contribution in [2.45, 2.75) is 19.9 Å². The van der Waals surface area contributed by atoms with Crippen LogP contribution >= 0.6 is 11.6 Å². The molecule has 0 fully saturated rings. The summed E-state index contributed by atoms with van der Waals surface area (Å²) < 4.78 is 4.50. The highest BCUT2D eigenvalue weighted by Crippen LogP contribution is 1.90. The van der Waals surface area contributed by atoms with Gasteiger partial charge in [-0.1, -0.05) is 0 Å². The SMILES string of the molecule is CCOC(=O)N[C@@H](C)C(=O)Cl. The number of carbonyl (C=O) groups excluding carboxylic acids is 2. The minimum absolute atomic E-state index is 0.273. The molecule has 0 saturated heterocycles. The summed E-state index contributed by atoms with van der Waals surface area (Å²) in [6.45, 7) is 3.42. The van der Waals surface area contributed by atoms with Crippen LogP contribution in [-0.4, -0.2) is 24.0 Å². The Kier molecular flexibility index (Phi) is 4.61. The second-order valence-electron chi connectivity index (χ2n) is 1.89. The molecule has 0 aliphatic heterocycles. The second kappa shape index (κ2) is 4.96. The van der Waals surface area contributed by atoms with Crippen molar-refractivity contribution in [2.75, 3.05) is 6.61 Å². The molecule has 0 rings (SSSR count). The number of ether oxygens (including phenoxy) is 1. The molecule has 0 aromatic carbocycles. The van der Waals surface area contributed by atoms with E-state index in [0.29, 0.717) is 0 Å². The first-order chi connectivity index (χ1) is 5.07. The molecular weight excluding hydrogens is 170 g/mol. The van der Waals surface area contributed by atoms with Crippen LogP contribution in [0.15, 0.2) is 0 Å². The van der Waals surface area contributed by atoms with Gasteiger partial charge in [-0.25, -0.2) is 4.79 Å². The van der Waals surface area contributed by atoms with Crippen molar-refractivity contribution in [3.05, 3.63) is 0 Å². The fourth-order valence-corrected chi connectivity index (χ4v) is 0.461. The largest absolute Gasteiger partial charge is 0.450 e. The Morgan fingerprint density at radius 2 is 2.18 bits per heavy atom. The molecule has 0 aromatic heterocycles. The zero-order valence-corrected chi connectivity index (χ0v) is 7.14. The van der Waals surface area contributed by atoms with Crippen LogP contribution in [0.1, 0.15) is 13.8 Å². The summed E-state index contributed by atoms with van der Waals surface area (Å²) in [4.78, 5) is 21.0. The Morgan fingerprint density at radius 1 is 1.64 bits per heavy atom. The van der Waals surface area contributed by atoms with Gasteiger partial charge in [0, 0.05) is 0 Å². The van der Waals surface area contributed by atoms with Gasteiger partial charge in [-0.15, -0.1) is 0 Å². The molecule has 0 aliphatic carbocycles. The molecule has 0 heterocycles. The van der Waals surface area contributed by atoms with Gasteiger partial charge in [-0.2, -0.15) is 0 Å². The van der Waals surface area contributed by atoms with Gasteiger partial charge >= 0.3 is 6.09 Å². The molecule has 1 amide bonds. The van der Waals surface area contributed by atoms with E-state index in [9.17, 15) is 9.59 Å². The highest BCUT2D eigenvalue weighted by Gasteiger charge is 2.12. The maximum absolute atomic E-state index is 10.6. The van der Waals surface area contributed by atoms with Gasteiger partial charge in [0.25, 0.3) is 0 Å². The van der Waals surface area contributed by atoms with Gasteiger partial charge in [0.2, 0.25) is 5.24 Å². The third-order valence-corrected chi connectivity index (χ3v) is 1.28.